The highest BCUT2D eigenvalue weighted by atomic mass is 35.5. The Morgan fingerprint density at radius 2 is 1.67 bits per heavy atom. The van der Waals surface area contributed by atoms with Gasteiger partial charge in [-0.1, -0.05) is 65.1 Å². The van der Waals surface area contributed by atoms with Gasteiger partial charge in [-0.15, -0.1) is 0 Å². The van der Waals surface area contributed by atoms with Gasteiger partial charge < -0.3 is 5.43 Å². The summed E-state index contributed by atoms with van der Waals surface area (Å²) in [7, 11) is -3.88. The molecule has 0 aromatic heterocycles. The first-order valence-electron chi connectivity index (χ1n) is 10.3. The summed E-state index contributed by atoms with van der Waals surface area (Å²) in [6.07, 6.45) is 0.487. The maximum absolute atomic E-state index is 13.4. The zero-order valence-electron chi connectivity index (χ0n) is 17.9. The molecule has 0 bridgehead atoms. The SMILES string of the molecule is Cc1ccc(C)c(S(=O)(=O)N[C@@H](C2=NNC(c3ccc(Cl)cc3)C2)c2ccc(Cl)cc2Cl)c1. The molecular formula is C24H22Cl3N3O2S. The van der Waals surface area contributed by atoms with Crippen LogP contribution in [0.3, 0.4) is 0 Å². The number of hydrazone groups is 1. The Hall–Kier alpha value is -2.09. The van der Waals surface area contributed by atoms with E-state index in [0.29, 0.717) is 38.3 Å². The van der Waals surface area contributed by atoms with Crippen LogP contribution in [0.5, 0.6) is 0 Å². The Kier molecular flexibility index (Phi) is 7.03. The molecule has 172 valence electrons. The molecule has 33 heavy (non-hydrogen) atoms. The monoisotopic (exact) mass is 521 g/mol. The summed E-state index contributed by atoms with van der Waals surface area (Å²) in [6, 6.07) is 16.9. The van der Waals surface area contributed by atoms with Crippen molar-refractivity contribution in [3.8, 4) is 0 Å². The van der Waals surface area contributed by atoms with Crippen molar-refractivity contribution in [3.05, 3.63) is 98.0 Å². The van der Waals surface area contributed by atoms with Crippen molar-refractivity contribution in [2.75, 3.05) is 0 Å². The third-order valence-electron chi connectivity index (χ3n) is 5.56. The third kappa shape index (κ3) is 5.36. The molecule has 0 radical (unpaired) electrons. The predicted octanol–water partition coefficient (Wildman–Crippen LogP) is 6.37. The van der Waals surface area contributed by atoms with Crippen molar-refractivity contribution < 1.29 is 8.42 Å². The van der Waals surface area contributed by atoms with Crippen LogP contribution in [-0.2, 0) is 10.0 Å². The quantitative estimate of drug-likeness (QED) is 0.395. The van der Waals surface area contributed by atoms with E-state index in [2.05, 4.69) is 15.2 Å². The van der Waals surface area contributed by atoms with Crippen LogP contribution >= 0.6 is 34.8 Å². The minimum absolute atomic E-state index is 0.115. The summed E-state index contributed by atoms with van der Waals surface area (Å²) in [4.78, 5) is 0.221. The van der Waals surface area contributed by atoms with Gasteiger partial charge in [-0.05, 0) is 66.4 Å². The number of rotatable bonds is 6. The first-order chi connectivity index (χ1) is 15.6. The first kappa shape index (κ1) is 24.0. The highest BCUT2D eigenvalue weighted by molar-refractivity contribution is 7.89. The average molecular weight is 523 g/mol. The molecular weight excluding hydrogens is 501 g/mol. The van der Waals surface area contributed by atoms with Crippen molar-refractivity contribution in [1.29, 1.82) is 0 Å². The van der Waals surface area contributed by atoms with E-state index in [4.69, 9.17) is 34.8 Å². The molecule has 0 aliphatic carbocycles. The predicted molar refractivity (Wildman–Crippen MR) is 135 cm³/mol. The molecule has 1 unspecified atom stereocenters. The summed E-state index contributed by atoms with van der Waals surface area (Å²) in [5.74, 6) is 0. The molecule has 3 aromatic carbocycles. The van der Waals surface area contributed by atoms with Crippen LogP contribution in [0.15, 0.2) is 70.7 Å². The fraction of sp³-hybridized carbons (Fsp3) is 0.208. The first-order valence-corrected chi connectivity index (χ1v) is 12.9. The topological polar surface area (TPSA) is 70.6 Å². The Morgan fingerprint density at radius 1 is 0.970 bits per heavy atom. The molecule has 2 atom stereocenters. The zero-order valence-corrected chi connectivity index (χ0v) is 21.0. The smallest absolute Gasteiger partial charge is 0.241 e. The van der Waals surface area contributed by atoms with Gasteiger partial charge in [0, 0.05) is 21.5 Å². The van der Waals surface area contributed by atoms with Crippen LogP contribution in [0.2, 0.25) is 15.1 Å². The Labute approximate surface area is 208 Å². The number of hydrogen-bond acceptors (Lipinski definition) is 4. The lowest BCUT2D eigenvalue weighted by Gasteiger charge is -2.21. The summed E-state index contributed by atoms with van der Waals surface area (Å²) >= 11 is 18.6. The Morgan fingerprint density at radius 3 is 2.36 bits per heavy atom. The molecule has 1 aliphatic rings. The maximum Gasteiger partial charge on any atom is 0.241 e. The summed E-state index contributed by atoms with van der Waals surface area (Å²) in [5, 5.41) is 5.95. The summed E-state index contributed by atoms with van der Waals surface area (Å²) in [5.41, 5.74) is 6.81. The van der Waals surface area contributed by atoms with Gasteiger partial charge in [-0.2, -0.15) is 9.82 Å². The highest BCUT2D eigenvalue weighted by Crippen LogP contribution is 2.34. The van der Waals surface area contributed by atoms with E-state index in [1.807, 2.05) is 37.3 Å². The summed E-state index contributed by atoms with van der Waals surface area (Å²) < 4.78 is 29.7. The van der Waals surface area contributed by atoms with Crippen molar-refractivity contribution in [2.45, 2.75) is 37.2 Å². The molecule has 2 N–H and O–H groups in total. The van der Waals surface area contributed by atoms with Crippen LogP contribution in [0.1, 0.15) is 40.8 Å². The molecule has 4 rings (SSSR count). The molecule has 0 saturated heterocycles. The van der Waals surface area contributed by atoms with Gasteiger partial charge in [0.25, 0.3) is 0 Å². The lowest BCUT2D eigenvalue weighted by atomic mass is 9.96. The number of aryl methyl sites for hydroxylation is 2. The van der Waals surface area contributed by atoms with E-state index < -0.39 is 16.1 Å². The maximum atomic E-state index is 13.4. The van der Waals surface area contributed by atoms with Crippen LogP contribution in [0, 0.1) is 13.8 Å². The standard InChI is InChI=1S/C24H22Cl3N3O2S/c1-14-3-4-15(2)23(11-14)33(31,32)30-24(19-10-9-18(26)12-20(19)27)22-13-21(28-29-22)16-5-7-17(25)8-6-16/h3-12,21,24,28,30H,13H2,1-2H3/t21?,24-/m1/s1. The van der Waals surface area contributed by atoms with Gasteiger partial charge in [-0.3, -0.25) is 0 Å². The second-order valence-electron chi connectivity index (χ2n) is 8.03. The number of nitrogens with one attached hydrogen (secondary N) is 2. The van der Waals surface area contributed by atoms with Gasteiger partial charge in [0.05, 0.1) is 22.7 Å². The van der Waals surface area contributed by atoms with Crippen LogP contribution in [0.4, 0.5) is 0 Å². The fourth-order valence-corrected chi connectivity index (χ4v) is 5.97. The lowest BCUT2D eigenvalue weighted by Crippen LogP contribution is -2.34. The van der Waals surface area contributed by atoms with E-state index in [-0.39, 0.29) is 10.9 Å². The largest absolute Gasteiger partial charge is 0.302 e. The van der Waals surface area contributed by atoms with Crippen molar-refractivity contribution in [2.24, 2.45) is 5.10 Å². The van der Waals surface area contributed by atoms with Gasteiger partial charge in [-0.25, -0.2) is 8.42 Å². The van der Waals surface area contributed by atoms with Crippen molar-refractivity contribution in [3.63, 3.8) is 0 Å². The van der Waals surface area contributed by atoms with Crippen LogP contribution in [0.25, 0.3) is 0 Å². The minimum atomic E-state index is -3.88. The minimum Gasteiger partial charge on any atom is -0.302 e. The Bertz CT molecular complexity index is 1330. The van der Waals surface area contributed by atoms with E-state index in [9.17, 15) is 8.42 Å². The van der Waals surface area contributed by atoms with Crippen molar-refractivity contribution >= 4 is 50.5 Å². The molecule has 5 nitrogen and oxygen atoms in total. The van der Waals surface area contributed by atoms with E-state index in [1.165, 1.54) is 0 Å². The number of benzene rings is 3. The Balaban J connectivity index is 1.70. The van der Waals surface area contributed by atoms with Gasteiger partial charge in [0.15, 0.2) is 0 Å². The van der Waals surface area contributed by atoms with Gasteiger partial charge in [0.1, 0.15) is 0 Å². The van der Waals surface area contributed by atoms with E-state index in [0.717, 1.165) is 11.1 Å². The molecule has 1 heterocycles. The van der Waals surface area contributed by atoms with Gasteiger partial charge in [0.2, 0.25) is 10.0 Å². The normalized spacial score (nSPS) is 16.9. The van der Waals surface area contributed by atoms with Crippen molar-refractivity contribution in [1.82, 2.24) is 10.1 Å². The number of hydrogen-bond donors (Lipinski definition) is 2. The number of sulfonamides is 1. The molecule has 0 amide bonds. The molecule has 1 aliphatic heterocycles. The zero-order chi connectivity index (χ0) is 23.8. The third-order valence-corrected chi connectivity index (χ3v) is 7.94. The van der Waals surface area contributed by atoms with Crippen LogP contribution in [-0.4, -0.2) is 14.1 Å². The number of nitrogens with zero attached hydrogens (tertiary/aromatic N) is 1. The lowest BCUT2D eigenvalue weighted by molar-refractivity contribution is 0.575. The average Bonchev–Trinajstić information content (AvgIpc) is 3.25. The van der Waals surface area contributed by atoms with E-state index >= 15 is 0 Å². The van der Waals surface area contributed by atoms with Crippen LogP contribution < -0.4 is 10.1 Å². The second kappa shape index (κ2) is 9.65. The molecule has 9 heteroatoms. The molecule has 0 spiro atoms. The highest BCUT2D eigenvalue weighted by Gasteiger charge is 2.32. The molecule has 3 aromatic rings. The fourth-order valence-electron chi connectivity index (χ4n) is 3.79. The van der Waals surface area contributed by atoms with E-state index in [1.54, 1.807) is 37.3 Å². The van der Waals surface area contributed by atoms with Gasteiger partial charge >= 0.3 is 0 Å². The molecule has 0 saturated carbocycles. The number of halogens is 3. The molecule has 0 fully saturated rings. The second-order valence-corrected chi connectivity index (χ2v) is 11.0. The summed E-state index contributed by atoms with van der Waals surface area (Å²) in [6.45, 7) is 3.62.